The Morgan fingerprint density at radius 3 is 2.40 bits per heavy atom. The van der Waals surface area contributed by atoms with Crippen LogP contribution in [-0.4, -0.2) is 56.6 Å². The summed E-state index contributed by atoms with van der Waals surface area (Å²) in [4.78, 5) is 4.98. The van der Waals surface area contributed by atoms with Gasteiger partial charge >= 0.3 is 0 Å². The molecule has 1 unspecified atom stereocenters. The molecular formula is C22H38N4O3S. The van der Waals surface area contributed by atoms with Gasteiger partial charge in [0.1, 0.15) is 0 Å². The first-order valence-corrected chi connectivity index (χ1v) is 12.7. The van der Waals surface area contributed by atoms with E-state index in [2.05, 4.69) is 22.5 Å². The number of guanidine groups is 1. The minimum absolute atomic E-state index is 0.201. The van der Waals surface area contributed by atoms with Gasteiger partial charge in [0.05, 0.1) is 11.4 Å². The molecule has 1 aromatic carbocycles. The smallest absolute Gasteiger partial charge is 0.243 e. The Morgan fingerprint density at radius 1 is 1.10 bits per heavy atom. The van der Waals surface area contributed by atoms with Crippen molar-refractivity contribution >= 4 is 16.0 Å². The molecule has 1 aromatic rings. The molecule has 1 aliphatic rings. The summed E-state index contributed by atoms with van der Waals surface area (Å²) in [5.74, 6) is 1.16. The number of piperidine rings is 1. The topological polar surface area (TPSA) is 94.0 Å². The van der Waals surface area contributed by atoms with Crippen LogP contribution in [0.3, 0.4) is 0 Å². The minimum Gasteiger partial charge on any atom is -0.396 e. The van der Waals surface area contributed by atoms with Crippen molar-refractivity contribution in [1.82, 2.24) is 14.9 Å². The molecule has 0 bridgehead atoms. The van der Waals surface area contributed by atoms with Crippen LogP contribution in [0, 0.1) is 5.92 Å². The van der Waals surface area contributed by atoms with Crippen LogP contribution in [0.5, 0.6) is 0 Å². The van der Waals surface area contributed by atoms with Gasteiger partial charge < -0.3 is 15.7 Å². The highest BCUT2D eigenvalue weighted by atomic mass is 32.2. The number of nitrogens with zero attached hydrogens (tertiary/aromatic N) is 2. The van der Waals surface area contributed by atoms with E-state index >= 15 is 0 Å². The molecule has 8 heteroatoms. The molecule has 3 N–H and O–H groups in total. The normalized spacial score (nSPS) is 17.0. The number of aliphatic hydroxyl groups is 1. The Kier molecular flexibility index (Phi) is 10.6. The zero-order valence-corrected chi connectivity index (χ0v) is 19.3. The maximum absolute atomic E-state index is 12.8. The molecule has 0 spiro atoms. The number of aliphatic hydroxyl groups excluding tert-OH is 1. The van der Waals surface area contributed by atoms with Crippen molar-refractivity contribution in [3.63, 3.8) is 0 Å². The standard InChI is InChI=1S/C22H38N4O3S/c1-3-8-19(13-16-27)17-24-22(23-4-2)25-18-20-9-11-21(12-10-20)30(28,29)26-14-6-5-7-15-26/h9-12,19,27H,3-8,13-18H2,1-2H3,(H2,23,24,25). The summed E-state index contributed by atoms with van der Waals surface area (Å²) in [5.41, 5.74) is 0.963. The SMILES string of the molecule is CCCC(CCO)CNC(=NCc1ccc(S(=O)(=O)N2CCCCC2)cc1)NCC. The number of nitrogens with one attached hydrogen (secondary N) is 2. The highest BCUT2D eigenvalue weighted by Gasteiger charge is 2.25. The van der Waals surface area contributed by atoms with E-state index in [4.69, 9.17) is 0 Å². The first-order valence-electron chi connectivity index (χ1n) is 11.2. The van der Waals surface area contributed by atoms with Gasteiger partial charge in [0.2, 0.25) is 10.0 Å². The second-order valence-corrected chi connectivity index (χ2v) is 9.79. The molecular weight excluding hydrogens is 400 g/mol. The number of hydrogen-bond acceptors (Lipinski definition) is 4. The van der Waals surface area contributed by atoms with E-state index in [0.717, 1.165) is 63.1 Å². The maximum atomic E-state index is 12.8. The van der Waals surface area contributed by atoms with E-state index in [1.54, 1.807) is 16.4 Å². The van der Waals surface area contributed by atoms with Gasteiger partial charge in [0.15, 0.2) is 5.96 Å². The van der Waals surface area contributed by atoms with Crippen LogP contribution >= 0.6 is 0 Å². The Labute approximate surface area is 182 Å². The number of benzene rings is 1. The number of sulfonamides is 1. The summed E-state index contributed by atoms with van der Waals surface area (Å²) < 4.78 is 27.1. The third kappa shape index (κ3) is 7.56. The van der Waals surface area contributed by atoms with Crippen molar-refractivity contribution in [3.05, 3.63) is 29.8 Å². The molecule has 7 nitrogen and oxygen atoms in total. The molecule has 30 heavy (non-hydrogen) atoms. The van der Waals surface area contributed by atoms with Crippen molar-refractivity contribution in [2.24, 2.45) is 10.9 Å². The molecule has 0 aliphatic carbocycles. The lowest BCUT2D eigenvalue weighted by molar-refractivity contribution is 0.251. The molecule has 1 aliphatic heterocycles. The Bertz CT molecular complexity index is 738. The van der Waals surface area contributed by atoms with E-state index < -0.39 is 10.0 Å². The summed E-state index contributed by atoms with van der Waals surface area (Å²) in [5, 5.41) is 15.8. The van der Waals surface area contributed by atoms with Crippen LogP contribution in [0.2, 0.25) is 0 Å². The fraction of sp³-hybridized carbons (Fsp3) is 0.682. The fourth-order valence-corrected chi connectivity index (χ4v) is 5.23. The third-order valence-corrected chi connectivity index (χ3v) is 7.35. The Morgan fingerprint density at radius 2 is 1.80 bits per heavy atom. The van der Waals surface area contributed by atoms with Crippen molar-refractivity contribution in [2.45, 2.75) is 63.8 Å². The molecule has 0 amide bonds. The van der Waals surface area contributed by atoms with Crippen molar-refractivity contribution in [3.8, 4) is 0 Å². The molecule has 0 saturated carbocycles. The monoisotopic (exact) mass is 438 g/mol. The third-order valence-electron chi connectivity index (χ3n) is 5.43. The van der Waals surface area contributed by atoms with Crippen LogP contribution < -0.4 is 10.6 Å². The molecule has 170 valence electrons. The first kappa shape index (κ1) is 24.6. The lowest BCUT2D eigenvalue weighted by atomic mass is 10.0. The summed E-state index contributed by atoms with van der Waals surface area (Å²) in [6, 6.07) is 7.06. The van der Waals surface area contributed by atoms with E-state index in [-0.39, 0.29) is 6.61 Å². The Balaban J connectivity index is 1.98. The quantitative estimate of drug-likeness (QED) is 0.365. The molecule has 1 fully saturated rings. The second kappa shape index (κ2) is 12.9. The number of aliphatic imine (C=N–C) groups is 1. The van der Waals surface area contributed by atoms with Gasteiger partial charge in [-0.1, -0.05) is 31.9 Å². The maximum Gasteiger partial charge on any atom is 0.243 e. The first-order chi connectivity index (χ1) is 14.5. The summed E-state index contributed by atoms with van der Waals surface area (Å²) >= 11 is 0. The summed E-state index contributed by atoms with van der Waals surface area (Å²) in [7, 11) is -3.40. The average Bonchev–Trinajstić information content (AvgIpc) is 2.76. The van der Waals surface area contributed by atoms with Crippen molar-refractivity contribution in [2.75, 3.05) is 32.8 Å². The molecule has 0 radical (unpaired) electrons. The van der Waals surface area contributed by atoms with Gasteiger partial charge in [-0.15, -0.1) is 0 Å². The van der Waals surface area contributed by atoms with Crippen LogP contribution in [0.4, 0.5) is 0 Å². The molecule has 1 heterocycles. The zero-order chi connectivity index (χ0) is 21.8. The van der Waals surface area contributed by atoms with Gasteiger partial charge in [0, 0.05) is 32.8 Å². The van der Waals surface area contributed by atoms with Crippen molar-refractivity contribution in [1.29, 1.82) is 0 Å². The van der Waals surface area contributed by atoms with Gasteiger partial charge in [-0.25, -0.2) is 13.4 Å². The molecule has 1 saturated heterocycles. The van der Waals surface area contributed by atoms with Gasteiger partial charge in [-0.3, -0.25) is 0 Å². The van der Waals surface area contributed by atoms with Crippen molar-refractivity contribution < 1.29 is 13.5 Å². The number of rotatable bonds is 11. The van der Waals surface area contributed by atoms with Gasteiger partial charge in [-0.05, 0) is 56.2 Å². The highest BCUT2D eigenvalue weighted by Crippen LogP contribution is 2.21. The lowest BCUT2D eigenvalue weighted by Crippen LogP contribution is -2.40. The van der Waals surface area contributed by atoms with E-state index in [1.807, 2.05) is 19.1 Å². The predicted octanol–water partition coefficient (Wildman–Crippen LogP) is 2.71. The second-order valence-electron chi connectivity index (χ2n) is 7.85. The van der Waals surface area contributed by atoms with Crippen LogP contribution in [0.15, 0.2) is 34.2 Å². The average molecular weight is 439 g/mol. The predicted molar refractivity (Wildman–Crippen MR) is 122 cm³/mol. The molecule has 2 rings (SSSR count). The van der Waals surface area contributed by atoms with E-state index in [9.17, 15) is 13.5 Å². The summed E-state index contributed by atoms with van der Waals surface area (Å²) in [6.45, 7) is 7.60. The van der Waals surface area contributed by atoms with Crippen LogP contribution in [0.25, 0.3) is 0 Å². The van der Waals surface area contributed by atoms with E-state index in [0.29, 0.717) is 30.4 Å². The molecule has 1 atom stereocenters. The lowest BCUT2D eigenvalue weighted by Gasteiger charge is -2.25. The van der Waals surface area contributed by atoms with Gasteiger partial charge in [-0.2, -0.15) is 4.31 Å². The fourth-order valence-electron chi connectivity index (χ4n) is 3.71. The van der Waals surface area contributed by atoms with E-state index in [1.165, 1.54) is 0 Å². The largest absolute Gasteiger partial charge is 0.396 e. The van der Waals surface area contributed by atoms with Crippen LogP contribution in [0.1, 0.15) is 57.9 Å². The number of hydrogen-bond donors (Lipinski definition) is 3. The van der Waals surface area contributed by atoms with Crippen LogP contribution in [-0.2, 0) is 16.6 Å². The highest BCUT2D eigenvalue weighted by molar-refractivity contribution is 7.89. The minimum atomic E-state index is -3.40. The zero-order valence-electron chi connectivity index (χ0n) is 18.4. The molecule has 0 aromatic heterocycles. The summed E-state index contributed by atoms with van der Waals surface area (Å²) in [6.07, 6.45) is 5.91. The Hall–Kier alpha value is -1.64. The van der Waals surface area contributed by atoms with Gasteiger partial charge in [0.25, 0.3) is 0 Å².